The number of carboxylic acids is 1. The van der Waals surface area contributed by atoms with Gasteiger partial charge in [-0.05, 0) is 17.2 Å². The van der Waals surface area contributed by atoms with Gasteiger partial charge in [-0.2, -0.15) is 0 Å². The number of rotatable bonds is 7. The number of pyridine rings is 1. The zero-order valence-corrected chi connectivity index (χ0v) is 19.3. The summed E-state index contributed by atoms with van der Waals surface area (Å²) in [6.45, 7) is -0.276. The minimum absolute atomic E-state index is 0. The predicted octanol–water partition coefficient (Wildman–Crippen LogP) is -2.83. The van der Waals surface area contributed by atoms with Crippen LogP contribution in [0.1, 0.15) is 12.0 Å². The van der Waals surface area contributed by atoms with Gasteiger partial charge in [0, 0.05) is 31.3 Å². The van der Waals surface area contributed by atoms with Crippen molar-refractivity contribution in [3.63, 3.8) is 0 Å². The van der Waals surface area contributed by atoms with Gasteiger partial charge in [0.25, 0.3) is 11.8 Å². The number of hydrogen-bond acceptors (Lipinski definition) is 7. The normalized spacial score (nSPS) is 13.5. The molecule has 0 atom stereocenters. The summed E-state index contributed by atoms with van der Waals surface area (Å²) in [7, 11) is 1.57. The van der Waals surface area contributed by atoms with Crippen LogP contribution in [0, 0.1) is 0 Å². The zero-order valence-electron chi connectivity index (χ0n) is 17.3. The van der Waals surface area contributed by atoms with Crippen LogP contribution < -0.4 is 44.7 Å². The number of methoxy groups -OCH3 is 1. The summed E-state index contributed by atoms with van der Waals surface area (Å²) in [6, 6.07) is 9.34. The fraction of sp³-hybridized carbons (Fsp3) is 0.238. The second kappa shape index (κ2) is 10.9. The van der Waals surface area contributed by atoms with Crippen LogP contribution in [0.4, 0.5) is 0 Å². The van der Waals surface area contributed by atoms with Crippen LogP contribution in [0.15, 0.2) is 54.1 Å². The van der Waals surface area contributed by atoms with Crippen molar-refractivity contribution in [1.29, 1.82) is 0 Å². The molecule has 0 unspecified atom stereocenters. The predicted molar refractivity (Wildman–Crippen MR) is 104 cm³/mol. The van der Waals surface area contributed by atoms with Crippen LogP contribution in [0.5, 0.6) is 5.75 Å². The number of carbonyl (C=O) groups excluding carboxylic acids is 3. The van der Waals surface area contributed by atoms with E-state index in [1.807, 2.05) is 30.3 Å². The first-order valence-electron chi connectivity index (χ1n) is 9.17. The molecule has 2 heterocycles. The summed E-state index contributed by atoms with van der Waals surface area (Å²) in [5.74, 6) is -2.80. The fourth-order valence-electron chi connectivity index (χ4n) is 3.16. The Hall–Kier alpha value is -2.88. The van der Waals surface area contributed by atoms with E-state index >= 15 is 0 Å². The molecule has 2 aromatic rings. The Balaban J connectivity index is 0.00000341. The molecule has 1 aromatic carbocycles. The van der Waals surface area contributed by atoms with Crippen molar-refractivity contribution in [3.8, 4) is 16.9 Å². The summed E-state index contributed by atoms with van der Waals surface area (Å²) < 4.78 is 5.32. The van der Waals surface area contributed by atoms with E-state index in [0.29, 0.717) is 5.75 Å². The third-order valence-corrected chi connectivity index (χ3v) is 4.67. The van der Waals surface area contributed by atoms with Gasteiger partial charge in [-0.3, -0.25) is 14.6 Å². The summed E-state index contributed by atoms with van der Waals surface area (Å²) in [5.41, 5.74) is 2.19. The fourth-order valence-corrected chi connectivity index (χ4v) is 3.16. The minimum Gasteiger partial charge on any atom is -0.548 e. The first-order valence-corrected chi connectivity index (χ1v) is 9.17. The van der Waals surface area contributed by atoms with Crippen molar-refractivity contribution in [2.45, 2.75) is 13.0 Å². The molecule has 0 saturated carbocycles. The zero-order chi connectivity index (χ0) is 21.7. The maximum atomic E-state index is 12.7. The van der Waals surface area contributed by atoms with Crippen molar-refractivity contribution in [1.82, 2.24) is 15.2 Å². The number of carbonyl (C=O) groups is 3. The Labute approximate surface area is 201 Å². The topological polar surface area (TPSA) is 132 Å². The van der Waals surface area contributed by atoms with Gasteiger partial charge in [0.1, 0.15) is 17.1 Å². The molecule has 2 N–H and O–H groups in total. The van der Waals surface area contributed by atoms with E-state index in [0.717, 1.165) is 16.7 Å². The van der Waals surface area contributed by atoms with Crippen molar-refractivity contribution in [2.75, 3.05) is 20.2 Å². The molecule has 0 bridgehead atoms. The summed E-state index contributed by atoms with van der Waals surface area (Å²) in [5, 5.41) is 22.5. The molecule has 1 aromatic heterocycles. The average Bonchev–Trinajstić information content (AvgIpc) is 2.75. The van der Waals surface area contributed by atoms with Crippen LogP contribution >= 0.6 is 0 Å². The number of aliphatic hydroxyl groups is 1. The summed E-state index contributed by atoms with van der Waals surface area (Å²) >= 11 is 0. The number of nitrogens with zero attached hydrogens (tertiary/aromatic N) is 2. The number of nitrogens with one attached hydrogen (secondary N) is 1. The SMILES string of the molecule is COc1cnccc1-c1ccc(CN2CCC(O)=C(C(=O)NCC(=O)[O-])C2=O)cc1.[Na+]. The molecule has 0 saturated heterocycles. The van der Waals surface area contributed by atoms with E-state index in [-0.39, 0.29) is 54.8 Å². The Kier molecular flexibility index (Phi) is 8.61. The maximum Gasteiger partial charge on any atom is 1.00 e. The van der Waals surface area contributed by atoms with Crippen molar-refractivity contribution < 1.29 is 58.9 Å². The number of hydrogen-bond donors (Lipinski definition) is 2. The van der Waals surface area contributed by atoms with Gasteiger partial charge in [0.2, 0.25) is 0 Å². The van der Waals surface area contributed by atoms with Crippen LogP contribution in [-0.4, -0.2) is 53.0 Å². The second-order valence-electron chi connectivity index (χ2n) is 6.63. The third-order valence-electron chi connectivity index (χ3n) is 4.67. The molecule has 0 aliphatic carbocycles. The van der Waals surface area contributed by atoms with Crippen LogP contribution in [0.3, 0.4) is 0 Å². The molecule has 2 amide bonds. The summed E-state index contributed by atoms with van der Waals surface area (Å²) in [6.07, 6.45) is 3.40. The van der Waals surface area contributed by atoms with Gasteiger partial charge in [-0.1, -0.05) is 24.3 Å². The van der Waals surface area contributed by atoms with E-state index in [9.17, 15) is 24.6 Å². The summed E-state index contributed by atoms with van der Waals surface area (Å²) in [4.78, 5) is 40.7. The number of carboxylic acid groups (broad SMARTS) is 1. The van der Waals surface area contributed by atoms with Gasteiger partial charge in [0.05, 0.1) is 25.8 Å². The van der Waals surface area contributed by atoms with Crippen molar-refractivity contribution in [2.24, 2.45) is 0 Å². The molecule has 31 heavy (non-hydrogen) atoms. The molecule has 0 spiro atoms. The molecule has 156 valence electrons. The Morgan fingerprint density at radius 3 is 2.61 bits per heavy atom. The number of aliphatic carboxylic acids is 1. The molecule has 10 heteroatoms. The standard InChI is InChI=1S/C21H21N3O6.Na/c1-30-17-10-22-8-6-15(17)14-4-2-13(3-5-14)12-24-9-7-16(25)19(21(24)29)20(28)23-11-18(26)27;/h2-6,8,10,25H,7,9,11-12H2,1H3,(H,23,28)(H,26,27);/q;+1/p-1. The molecule has 1 aliphatic rings. The van der Waals surface area contributed by atoms with E-state index in [1.54, 1.807) is 19.5 Å². The van der Waals surface area contributed by atoms with Gasteiger partial charge in [0.15, 0.2) is 0 Å². The molecule has 1 aliphatic heterocycles. The number of amides is 2. The Morgan fingerprint density at radius 1 is 1.26 bits per heavy atom. The van der Waals surface area contributed by atoms with Gasteiger partial charge in [-0.15, -0.1) is 0 Å². The second-order valence-corrected chi connectivity index (χ2v) is 6.63. The average molecular weight is 433 g/mol. The number of benzene rings is 1. The first kappa shape index (κ1) is 24.4. The quantitative estimate of drug-likeness (QED) is 0.355. The van der Waals surface area contributed by atoms with Gasteiger partial charge in [-0.25, -0.2) is 0 Å². The molecule has 0 fully saturated rings. The monoisotopic (exact) mass is 433 g/mol. The third kappa shape index (κ3) is 5.84. The molecule has 3 rings (SSSR count). The Morgan fingerprint density at radius 2 is 1.97 bits per heavy atom. The van der Waals surface area contributed by atoms with E-state index in [2.05, 4.69) is 10.3 Å². The van der Waals surface area contributed by atoms with Crippen LogP contribution in [0.2, 0.25) is 0 Å². The van der Waals surface area contributed by atoms with Crippen LogP contribution in [-0.2, 0) is 20.9 Å². The number of aromatic nitrogens is 1. The van der Waals surface area contributed by atoms with Gasteiger partial charge < -0.3 is 30.0 Å². The van der Waals surface area contributed by atoms with E-state index in [4.69, 9.17) is 4.74 Å². The molecular weight excluding hydrogens is 413 g/mol. The maximum absolute atomic E-state index is 12.7. The molecule has 9 nitrogen and oxygen atoms in total. The minimum atomic E-state index is -1.49. The van der Waals surface area contributed by atoms with Crippen molar-refractivity contribution >= 4 is 17.8 Å². The van der Waals surface area contributed by atoms with Crippen LogP contribution in [0.25, 0.3) is 11.1 Å². The number of ether oxygens (including phenoxy) is 1. The largest absolute Gasteiger partial charge is 1.00 e. The van der Waals surface area contributed by atoms with E-state index in [1.165, 1.54) is 4.90 Å². The first-order chi connectivity index (χ1) is 14.4. The van der Waals surface area contributed by atoms with E-state index < -0.39 is 29.9 Å². The molecule has 0 radical (unpaired) electrons. The van der Waals surface area contributed by atoms with Gasteiger partial charge >= 0.3 is 29.6 Å². The van der Waals surface area contributed by atoms with Crippen molar-refractivity contribution in [3.05, 3.63) is 59.6 Å². The Bertz CT molecular complexity index is 1010. The molecular formula is C21H20N3NaO6. The smallest absolute Gasteiger partial charge is 0.548 e. The number of aliphatic hydroxyl groups excluding tert-OH is 1.